The molecule has 3 aromatic rings. The monoisotopic (exact) mass is 380 g/mol. The highest BCUT2D eigenvalue weighted by molar-refractivity contribution is 5.85. The molecular formula is C23H28N2O3. The van der Waals surface area contributed by atoms with Gasteiger partial charge in [-0.1, -0.05) is 18.2 Å². The number of rotatable bonds is 7. The number of likely N-dealkylation sites (tertiary alicyclic amines) is 1. The molecule has 148 valence electrons. The number of β-amino-alcohol motifs (C(OH)–C–C–N with tert-alkyl or cyclic N) is 1. The van der Waals surface area contributed by atoms with Crippen LogP contribution in [0.3, 0.4) is 0 Å². The standard InChI is InChI=1S/C23H28N2O3/c1-27-20-7-8-23-21(13-20)22(14-24-23)17-9-11-25(12-10-17)15-18(26)16-28-19-5-3-2-4-6-19/h2-8,13-14,17-18,24,26H,9-12,15-16H2,1H3/t18-/m0/s1. The van der Waals surface area contributed by atoms with Gasteiger partial charge in [0.05, 0.1) is 7.11 Å². The highest BCUT2D eigenvalue weighted by atomic mass is 16.5. The van der Waals surface area contributed by atoms with E-state index in [-0.39, 0.29) is 0 Å². The minimum Gasteiger partial charge on any atom is -0.497 e. The van der Waals surface area contributed by atoms with Gasteiger partial charge in [0.1, 0.15) is 24.2 Å². The number of hydrogen-bond donors (Lipinski definition) is 2. The molecule has 4 rings (SSSR count). The van der Waals surface area contributed by atoms with Gasteiger partial charge in [-0.05, 0) is 67.7 Å². The fourth-order valence-electron chi connectivity index (χ4n) is 4.07. The molecule has 1 atom stereocenters. The Morgan fingerprint density at radius 2 is 1.89 bits per heavy atom. The summed E-state index contributed by atoms with van der Waals surface area (Å²) in [6, 6.07) is 15.8. The first kappa shape index (κ1) is 18.8. The third-order valence-corrected chi connectivity index (χ3v) is 5.60. The molecule has 0 radical (unpaired) electrons. The van der Waals surface area contributed by atoms with E-state index in [9.17, 15) is 5.11 Å². The third-order valence-electron chi connectivity index (χ3n) is 5.60. The Morgan fingerprint density at radius 1 is 1.11 bits per heavy atom. The number of aliphatic hydroxyl groups excluding tert-OH is 1. The average molecular weight is 380 g/mol. The number of fused-ring (bicyclic) bond motifs is 1. The van der Waals surface area contributed by atoms with Crippen LogP contribution in [0, 0.1) is 0 Å². The van der Waals surface area contributed by atoms with Gasteiger partial charge in [0.2, 0.25) is 0 Å². The van der Waals surface area contributed by atoms with E-state index in [1.54, 1.807) is 7.11 Å². The van der Waals surface area contributed by atoms with Gasteiger partial charge in [0, 0.05) is 23.6 Å². The maximum Gasteiger partial charge on any atom is 0.119 e. The Kier molecular flexibility index (Phi) is 5.84. The van der Waals surface area contributed by atoms with Gasteiger partial charge in [-0.15, -0.1) is 0 Å². The lowest BCUT2D eigenvalue weighted by atomic mass is 9.89. The van der Waals surface area contributed by atoms with Crippen LogP contribution in [-0.4, -0.2) is 54.4 Å². The zero-order chi connectivity index (χ0) is 19.3. The van der Waals surface area contributed by atoms with E-state index in [2.05, 4.69) is 28.2 Å². The number of aliphatic hydroxyl groups is 1. The first-order valence-electron chi connectivity index (χ1n) is 9.96. The second-order valence-electron chi connectivity index (χ2n) is 7.51. The summed E-state index contributed by atoms with van der Waals surface area (Å²) in [5.41, 5.74) is 2.54. The summed E-state index contributed by atoms with van der Waals surface area (Å²) >= 11 is 0. The molecule has 2 N–H and O–H groups in total. The van der Waals surface area contributed by atoms with Crippen molar-refractivity contribution in [3.63, 3.8) is 0 Å². The molecule has 2 aromatic carbocycles. The van der Waals surface area contributed by atoms with Crippen LogP contribution in [0.4, 0.5) is 0 Å². The Bertz CT molecular complexity index is 885. The van der Waals surface area contributed by atoms with Crippen molar-refractivity contribution in [2.45, 2.75) is 24.9 Å². The molecule has 5 heteroatoms. The molecule has 0 aliphatic carbocycles. The normalized spacial score (nSPS) is 16.9. The van der Waals surface area contributed by atoms with Crippen LogP contribution in [0.2, 0.25) is 0 Å². The summed E-state index contributed by atoms with van der Waals surface area (Å²) in [6.45, 7) is 2.96. The second-order valence-corrected chi connectivity index (χ2v) is 7.51. The van der Waals surface area contributed by atoms with E-state index >= 15 is 0 Å². The molecule has 1 aliphatic rings. The number of ether oxygens (including phenoxy) is 2. The number of piperidine rings is 1. The molecule has 1 saturated heterocycles. The van der Waals surface area contributed by atoms with Crippen molar-refractivity contribution in [2.75, 3.05) is 33.4 Å². The van der Waals surface area contributed by atoms with E-state index in [0.29, 0.717) is 19.1 Å². The number of nitrogens with zero attached hydrogens (tertiary/aromatic N) is 1. The second kappa shape index (κ2) is 8.67. The van der Waals surface area contributed by atoms with Crippen molar-refractivity contribution in [1.29, 1.82) is 0 Å². The Hall–Kier alpha value is -2.50. The first-order valence-corrected chi connectivity index (χ1v) is 9.96. The number of nitrogens with one attached hydrogen (secondary N) is 1. The Morgan fingerprint density at radius 3 is 2.64 bits per heavy atom. The molecule has 0 spiro atoms. The highest BCUT2D eigenvalue weighted by Crippen LogP contribution is 2.34. The number of para-hydroxylation sites is 1. The summed E-state index contributed by atoms with van der Waals surface area (Å²) in [7, 11) is 1.71. The smallest absolute Gasteiger partial charge is 0.119 e. The minimum atomic E-state index is -0.478. The van der Waals surface area contributed by atoms with Crippen molar-refractivity contribution in [2.24, 2.45) is 0 Å². The Balaban J connectivity index is 1.30. The highest BCUT2D eigenvalue weighted by Gasteiger charge is 2.24. The van der Waals surface area contributed by atoms with E-state index < -0.39 is 6.10 Å². The van der Waals surface area contributed by atoms with Gasteiger partial charge in [-0.2, -0.15) is 0 Å². The fraction of sp³-hybridized carbons (Fsp3) is 0.391. The summed E-state index contributed by atoms with van der Waals surface area (Å²) in [4.78, 5) is 5.73. The van der Waals surface area contributed by atoms with Crippen molar-refractivity contribution >= 4 is 10.9 Å². The van der Waals surface area contributed by atoms with Gasteiger partial charge in [0.15, 0.2) is 0 Å². The molecule has 1 aliphatic heterocycles. The van der Waals surface area contributed by atoms with Gasteiger partial charge in [0.25, 0.3) is 0 Å². The fourth-order valence-corrected chi connectivity index (χ4v) is 4.07. The van der Waals surface area contributed by atoms with Crippen molar-refractivity contribution in [3.05, 3.63) is 60.3 Å². The molecule has 1 fully saturated rings. The zero-order valence-electron chi connectivity index (χ0n) is 16.3. The lowest BCUT2D eigenvalue weighted by molar-refractivity contribution is 0.0595. The molecule has 0 bridgehead atoms. The molecule has 1 aromatic heterocycles. The molecule has 5 nitrogen and oxygen atoms in total. The lowest BCUT2D eigenvalue weighted by Crippen LogP contribution is -2.40. The molecule has 0 unspecified atom stereocenters. The van der Waals surface area contributed by atoms with Crippen LogP contribution in [-0.2, 0) is 0 Å². The lowest BCUT2D eigenvalue weighted by Gasteiger charge is -2.33. The first-order chi connectivity index (χ1) is 13.7. The van der Waals surface area contributed by atoms with Crippen molar-refractivity contribution in [3.8, 4) is 11.5 Å². The maximum absolute atomic E-state index is 10.3. The van der Waals surface area contributed by atoms with Crippen LogP contribution in [0.25, 0.3) is 10.9 Å². The molecule has 0 amide bonds. The average Bonchev–Trinajstić information content (AvgIpc) is 3.17. The SMILES string of the molecule is COc1ccc2[nH]cc(C3CCN(C[C@H](O)COc4ccccc4)CC3)c2c1. The molecule has 0 saturated carbocycles. The topological polar surface area (TPSA) is 57.7 Å². The van der Waals surface area contributed by atoms with Crippen molar-refractivity contribution < 1.29 is 14.6 Å². The summed E-state index contributed by atoms with van der Waals surface area (Å²) in [5, 5.41) is 11.6. The van der Waals surface area contributed by atoms with E-state index in [4.69, 9.17) is 9.47 Å². The van der Waals surface area contributed by atoms with Crippen LogP contribution in [0.5, 0.6) is 11.5 Å². The number of aromatic nitrogens is 1. The summed E-state index contributed by atoms with van der Waals surface area (Å²) in [6.07, 6.45) is 3.86. The molecule has 2 heterocycles. The number of aromatic amines is 1. The van der Waals surface area contributed by atoms with E-state index in [1.807, 2.05) is 36.4 Å². The van der Waals surface area contributed by atoms with Gasteiger partial charge in [-0.3, -0.25) is 0 Å². The third kappa shape index (κ3) is 4.32. The van der Waals surface area contributed by atoms with Crippen LogP contribution in [0.1, 0.15) is 24.3 Å². The van der Waals surface area contributed by atoms with E-state index in [0.717, 1.165) is 42.9 Å². The molecular weight excluding hydrogens is 352 g/mol. The summed E-state index contributed by atoms with van der Waals surface area (Å²) in [5.74, 6) is 2.23. The van der Waals surface area contributed by atoms with Gasteiger partial charge >= 0.3 is 0 Å². The largest absolute Gasteiger partial charge is 0.497 e. The maximum atomic E-state index is 10.3. The summed E-state index contributed by atoms with van der Waals surface area (Å²) < 4.78 is 11.1. The van der Waals surface area contributed by atoms with Crippen molar-refractivity contribution in [1.82, 2.24) is 9.88 Å². The number of methoxy groups -OCH3 is 1. The zero-order valence-corrected chi connectivity index (χ0v) is 16.3. The quantitative estimate of drug-likeness (QED) is 0.655. The predicted octanol–water partition coefficient (Wildman–Crippen LogP) is 3.80. The minimum absolute atomic E-state index is 0.326. The predicted molar refractivity (Wildman–Crippen MR) is 111 cm³/mol. The van der Waals surface area contributed by atoms with Gasteiger partial charge < -0.3 is 24.5 Å². The molecule has 28 heavy (non-hydrogen) atoms. The number of H-pyrrole nitrogens is 1. The van der Waals surface area contributed by atoms with Gasteiger partial charge in [-0.25, -0.2) is 0 Å². The van der Waals surface area contributed by atoms with Crippen LogP contribution in [0.15, 0.2) is 54.7 Å². The number of benzene rings is 2. The van der Waals surface area contributed by atoms with Crippen LogP contribution < -0.4 is 9.47 Å². The number of hydrogen-bond acceptors (Lipinski definition) is 4. The van der Waals surface area contributed by atoms with E-state index in [1.165, 1.54) is 10.9 Å². The Labute approximate surface area is 165 Å². The van der Waals surface area contributed by atoms with Crippen LogP contribution >= 0.6 is 0 Å².